The van der Waals surface area contributed by atoms with Crippen LogP contribution in [0, 0.1) is 5.95 Å². The van der Waals surface area contributed by atoms with Gasteiger partial charge in [0.1, 0.15) is 16.1 Å². The summed E-state index contributed by atoms with van der Waals surface area (Å²) in [6.07, 6.45) is -0.272. The van der Waals surface area contributed by atoms with Crippen LogP contribution < -0.4 is 10.5 Å². The number of anilines is 1. The summed E-state index contributed by atoms with van der Waals surface area (Å²) >= 11 is 11.3. The Balaban J connectivity index is 1.97. The van der Waals surface area contributed by atoms with Crippen LogP contribution in [0.15, 0.2) is 0 Å². The average molecular weight is 311 g/mol. The molecule has 9 heteroatoms. The predicted molar refractivity (Wildman–Crippen MR) is 64.8 cm³/mol. The van der Waals surface area contributed by atoms with Crippen molar-refractivity contribution in [2.45, 2.75) is 6.10 Å². The van der Waals surface area contributed by atoms with Crippen LogP contribution in [-0.2, 0) is 14.3 Å². The van der Waals surface area contributed by atoms with Crippen LogP contribution in [0.4, 0.5) is 10.1 Å². The Bertz CT molecular complexity index is 511. The number of carbonyl (C=O) groups is 1. The highest BCUT2D eigenvalue weighted by Crippen LogP contribution is 2.35. The minimum atomic E-state index is -1.03. The Labute approximate surface area is 117 Å². The molecule has 0 saturated carbocycles. The van der Waals surface area contributed by atoms with E-state index in [4.69, 9.17) is 43.1 Å². The molecule has 104 valence electrons. The largest absolute Gasteiger partial charge is 0.464 e. The number of nitrogens with zero attached hydrogens (tertiary/aromatic N) is 1. The highest BCUT2D eigenvalue weighted by Gasteiger charge is 2.23. The molecule has 19 heavy (non-hydrogen) atoms. The number of hydrogen-bond donors (Lipinski definition) is 1. The minimum absolute atomic E-state index is 0.161. The zero-order valence-corrected chi connectivity index (χ0v) is 11.0. The standard InChI is InChI=1S/C10H9Cl2FN2O4/c11-6-8(14)7(12)10(15-9(6)13)18-3-5(16)19-4-1-17-2-4/h4H,1-3H2,(H2,14,15). The summed E-state index contributed by atoms with van der Waals surface area (Å²) in [7, 11) is 0. The quantitative estimate of drug-likeness (QED) is 0.669. The van der Waals surface area contributed by atoms with E-state index in [1.54, 1.807) is 0 Å². The van der Waals surface area contributed by atoms with Crippen LogP contribution in [0.1, 0.15) is 0 Å². The maximum Gasteiger partial charge on any atom is 0.344 e. The van der Waals surface area contributed by atoms with Gasteiger partial charge in [0.15, 0.2) is 6.61 Å². The molecule has 0 atom stereocenters. The number of halogens is 3. The van der Waals surface area contributed by atoms with Crippen LogP contribution in [0.25, 0.3) is 0 Å². The number of rotatable bonds is 4. The highest BCUT2D eigenvalue weighted by molar-refractivity contribution is 6.39. The number of ether oxygens (including phenoxy) is 3. The molecule has 1 aromatic heterocycles. The lowest BCUT2D eigenvalue weighted by atomic mass is 10.3. The number of hydrogen-bond acceptors (Lipinski definition) is 6. The number of pyridine rings is 1. The molecule has 2 heterocycles. The molecule has 1 fully saturated rings. The topological polar surface area (TPSA) is 83.7 Å². The van der Waals surface area contributed by atoms with E-state index in [9.17, 15) is 9.18 Å². The number of nitrogens with two attached hydrogens (primary N) is 1. The molecule has 1 aromatic rings. The fraction of sp³-hybridized carbons (Fsp3) is 0.400. The molecular formula is C10H9Cl2FN2O4. The normalized spacial score (nSPS) is 14.9. The summed E-state index contributed by atoms with van der Waals surface area (Å²) in [4.78, 5) is 14.7. The summed E-state index contributed by atoms with van der Waals surface area (Å²) in [5, 5.41) is -0.558. The van der Waals surface area contributed by atoms with E-state index in [1.165, 1.54) is 0 Å². The Kier molecular flexibility index (Phi) is 4.28. The van der Waals surface area contributed by atoms with E-state index in [0.717, 1.165) is 0 Å². The fourth-order valence-electron chi connectivity index (χ4n) is 1.23. The van der Waals surface area contributed by atoms with Crippen LogP contribution in [0.5, 0.6) is 5.88 Å². The maximum atomic E-state index is 13.2. The fourth-order valence-corrected chi connectivity index (χ4v) is 1.61. The second kappa shape index (κ2) is 5.77. The minimum Gasteiger partial charge on any atom is -0.464 e. The second-order valence-electron chi connectivity index (χ2n) is 3.69. The number of carbonyl (C=O) groups excluding carboxylic acids is 1. The molecule has 0 bridgehead atoms. The lowest BCUT2D eigenvalue weighted by Crippen LogP contribution is -2.39. The molecule has 0 aromatic carbocycles. The third kappa shape index (κ3) is 3.17. The first kappa shape index (κ1) is 14.1. The molecule has 0 radical (unpaired) electrons. The van der Waals surface area contributed by atoms with Crippen LogP contribution in [0.3, 0.4) is 0 Å². The van der Waals surface area contributed by atoms with E-state index in [-0.39, 0.29) is 22.7 Å². The van der Waals surface area contributed by atoms with Gasteiger partial charge in [-0.25, -0.2) is 4.79 Å². The first-order valence-electron chi connectivity index (χ1n) is 5.19. The summed E-state index contributed by atoms with van der Waals surface area (Å²) in [5.74, 6) is -1.98. The van der Waals surface area contributed by atoms with Gasteiger partial charge in [0.2, 0.25) is 11.8 Å². The first-order valence-corrected chi connectivity index (χ1v) is 5.94. The van der Waals surface area contributed by atoms with Crippen molar-refractivity contribution in [1.82, 2.24) is 4.98 Å². The summed E-state index contributed by atoms with van der Waals surface area (Å²) < 4.78 is 27.9. The summed E-state index contributed by atoms with van der Waals surface area (Å²) in [6, 6.07) is 0. The van der Waals surface area contributed by atoms with Gasteiger partial charge in [-0.15, -0.1) is 0 Å². The Morgan fingerprint density at radius 2 is 2.16 bits per heavy atom. The van der Waals surface area contributed by atoms with Crippen molar-refractivity contribution >= 4 is 34.9 Å². The van der Waals surface area contributed by atoms with E-state index in [2.05, 4.69) is 4.98 Å². The van der Waals surface area contributed by atoms with Crippen LogP contribution >= 0.6 is 23.2 Å². The number of nitrogen functional groups attached to an aromatic ring is 1. The van der Waals surface area contributed by atoms with Crippen molar-refractivity contribution in [1.29, 1.82) is 0 Å². The number of esters is 1. The van der Waals surface area contributed by atoms with Crippen molar-refractivity contribution < 1.29 is 23.4 Å². The molecule has 1 saturated heterocycles. The molecule has 0 unspecified atom stereocenters. The summed E-state index contributed by atoms with van der Waals surface area (Å²) in [6.45, 7) is 0.240. The van der Waals surface area contributed by atoms with Crippen molar-refractivity contribution in [3.63, 3.8) is 0 Å². The average Bonchev–Trinajstić information content (AvgIpc) is 2.34. The zero-order valence-electron chi connectivity index (χ0n) is 9.49. The van der Waals surface area contributed by atoms with Crippen molar-refractivity contribution in [3.05, 3.63) is 16.0 Å². The van der Waals surface area contributed by atoms with Crippen molar-refractivity contribution in [3.8, 4) is 5.88 Å². The molecule has 0 spiro atoms. The van der Waals surface area contributed by atoms with Gasteiger partial charge < -0.3 is 19.9 Å². The molecule has 2 rings (SSSR count). The van der Waals surface area contributed by atoms with Gasteiger partial charge in [-0.3, -0.25) is 0 Å². The smallest absolute Gasteiger partial charge is 0.344 e. The molecule has 6 nitrogen and oxygen atoms in total. The van der Waals surface area contributed by atoms with E-state index < -0.39 is 23.5 Å². The van der Waals surface area contributed by atoms with E-state index in [0.29, 0.717) is 13.2 Å². The second-order valence-corrected chi connectivity index (χ2v) is 4.44. The van der Waals surface area contributed by atoms with Gasteiger partial charge in [-0.2, -0.15) is 9.37 Å². The molecule has 0 aliphatic carbocycles. The Morgan fingerprint density at radius 1 is 1.47 bits per heavy atom. The van der Waals surface area contributed by atoms with Crippen LogP contribution in [-0.4, -0.2) is 36.9 Å². The van der Waals surface area contributed by atoms with Gasteiger partial charge in [0.25, 0.3) is 0 Å². The Hall–Kier alpha value is -1.31. The van der Waals surface area contributed by atoms with Gasteiger partial charge in [-0.05, 0) is 0 Å². The van der Waals surface area contributed by atoms with E-state index >= 15 is 0 Å². The maximum absolute atomic E-state index is 13.2. The number of aromatic nitrogens is 1. The lowest BCUT2D eigenvalue weighted by Gasteiger charge is -2.25. The van der Waals surface area contributed by atoms with Gasteiger partial charge >= 0.3 is 5.97 Å². The van der Waals surface area contributed by atoms with Gasteiger partial charge in [0.05, 0.1) is 18.9 Å². The molecule has 2 N–H and O–H groups in total. The zero-order chi connectivity index (χ0) is 14.0. The van der Waals surface area contributed by atoms with Gasteiger partial charge in [0, 0.05) is 0 Å². The van der Waals surface area contributed by atoms with Crippen molar-refractivity contribution in [2.75, 3.05) is 25.6 Å². The SMILES string of the molecule is Nc1c(Cl)c(F)nc(OCC(=O)OC2COC2)c1Cl. The molecule has 0 amide bonds. The highest BCUT2D eigenvalue weighted by atomic mass is 35.5. The van der Waals surface area contributed by atoms with Gasteiger partial charge in [-0.1, -0.05) is 23.2 Å². The monoisotopic (exact) mass is 310 g/mol. The first-order chi connectivity index (χ1) is 8.99. The third-order valence-corrected chi connectivity index (χ3v) is 3.00. The Morgan fingerprint density at radius 3 is 2.74 bits per heavy atom. The lowest BCUT2D eigenvalue weighted by molar-refractivity contribution is -0.174. The molecule has 1 aliphatic heterocycles. The predicted octanol–water partition coefficient (Wildman–Crippen LogP) is 1.43. The molecular weight excluding hydrogens is 302 g/mol. The van der Waals surface area contributed by atoms with E-state index in [1.807, 2.05) is 0 Å². The van der Waals surface area contributed by atoms with Crippen LogP contribution in [0.2, 0.25) is 10.0 Å². The molecule has 1 aliphatic rings. The van der Waals surface area contributed by atoms with Crippen molar-refractivity contribution in [2.24, 2.45) is 0 Å². The summed E-state index contributed by atoms with van der Waals surface area (Å²) in [5.41, 5.74) is 5.24. The third-order valence-electron chi connectivity index (χ3n) is 2.27.